The lowest BCUT2D eigenvalue weighted by Gasteiger charge is -2.53. The molecule has 0 N–H and O–H groups in total. The monoisotopic (exact) mass is 431 g/mol. The van der Waals surface area contributed by atoms with Crippen molar-refractivity contribution in [2.75, 3.05) is 19.6 Å². The molecule has 32 heavy (non-hydrogen) atoms. The zero-order valence-electron chi connectivity index (χ0n) is 19.9. The molecule has 2 aromatic carbocycles. The highest BCUT2D eigenvalue weighted by Crippen LogP contribution is 2.52. The highest BCUT2D eigenvalue weighted by molar-refractivity contribution is 5.71. The lowest BCUT2D eigenvalue weighted by Crippen LogP contribution is -2.62. The van der Waals surface area contributed by atoms with Crippen molar-refractivity contribution < 1.29 is 9.90 Å². The second kappa shape index (κ2) is 7.91. The number of amides is 1. The van der Waals surface area contributed by atoms with Crippen LogP contribution in [-0.2, 0) is 12.8 Å². The van der Waals surface area contributed by atoms with Gasteiger partial charge in [0.1, 0.15) is 6.09 Å². The van der Waals surface area contributed by atoms with E-state index in [1.807, 2.05) is 0 Å². The molecule has 1 amide bonds. The van der Waals surface area contributed by atoms with Crippen LogP contribution in [0.15, 0.2) is 36.4 Å². The smallest absolute Gasteiger partial charge is 0.137 e. The van der Waals surface area contributed by atoms with Gasteiger partial charge in [-0.2, -0.15) is 0 Å². The van der Waals surface area contributed by atoms with Gasteiger partial charge in [0.15, 0.2) is 0 Å². The van der Waals surface area contributed by atoms with Crippen LogP contribution in [0.25, 0.3) is 11.1 Å². The van der Waals surface area contributed by atoms with Gasteiger partial charge < -0.3 is 19.7 Å². The van der Waals surface area contributed by atoms with Crippen molar-refractivity contribution >= 4 is 6.09 Å². The standard InChI is InChI=1S/C28H36N2O2/c1-5-19-6-8-20(9-7-19)23-15-22-16-28(3,4)26(24(22)14-18(23)2)30(27(31)32)25-17-29-12-10-21(25)11-13-29/h6-9,14-15,21,25-26H,5,10-13,16-17H2,1-4H3,(H,31,32)/p-1/t25-,26+/m1/s1. The maximum atomic E-state index is 12.6. The van der Waals surface area contributed by atoms with Gasteiger partial charge in [0, 0.05) is 12.6 Å². The Morgan fingerprint density at radius 3 is 2.41 bits per heavy atom. The molecule has 0 unspecified atom stereocenters. The minimum Gasteiger partial charge on any atom is -0.530 e. The van der Waals surface area contributed by atoms with Gasteiger partial charge in [0.25, 0.3) is 0 Å². The molecule has 3 saturated heterocycles. The Morgan fingerprint density at radius 2 is 1.84 bits per heavy atom. The lowest BCUT2D eigenvalue weighted by molar-refractivity contribution is -0.276. The van der Waals surface area contributed by atoms with Crippen LogP contribution in [0.4, 0.5) is 4.79 Å². The number of hydrogen-bond donors (Lipinski definition) is 0. The SMILES string of the molecule is CCc1ccc(-c2cc3c(cc2C)[C@H](N(C(=O)[O-])[C@@H]2CN4CCC2CC4)C(C)(C)C3)cc1. The van der Waals surface area contributed by atoms with Crippen molar-refractivity contribution in [1.29, 1.82) is 0 Å². The van der Waals surface area contributed by atoms with Crippen LogP contribution in [0, 0.1) is 18.3 Å². The minimum atomic E-state index is -1.01. The van der Waals surface area contributed by atoms with Gasteiger partial charge in [-0.1, -0.05) is 57.2 Å². The molecule has 4 nitrogen and oxygen atoms in total. The van der Waals surface area contributed by atoms with E-state index in [0.29, 0.717) is 5.92 Å². The van der Waals surface area contributed by atoms with Crippen molar-refractivity contribution in [2.24, 2.45) is 11.3 Å². The van der Waals surface area contributed by atoms with E-state index < -0.39 is 6.09 Å². The Labute approximate surface area is 192 Å². The molecule has 0 saturated carbocycles. The van der Waals surface area contributed by atoms with Gasteiger partial charge in [0.05, 0.1) is 6.04 Å². The van der Waals surface area contributed by atoms with Crippen molar-refractivity contribution in [1.82, 2.24) is 9.80 Å². The first-order valence-corrected chi connectivity index (χ1v) is 12.2. The third kappa shape index (κ3) is 3.53. The van der Waals surface area contributed by atoms with Crippen molar-refractivity contribution in [2.45, 2.75) is 65.5 Å². The van der Waals surface area contributed by atoms with Gasteiger partial charge in [0.2, 0.25) is 0 Å². The van der Waals surface area contributed by atoms with Gasteiger partial charge in [-0.3, -0.25) is 0 Å². The molecule has 3 heterocycles. The number of aryl methyl sites for hydroxylation is 2. The van der Waals surface area contributed by atoms with E-state index in [2.05, 4.69) is 69.0 Å². The number of carboxylic acid groups (broad SMARTS) is 1. The predicted molar refractivity (Wildman–Crippen MR) is 126 cm³/mol. The second-order valence-corrected chi connectivity index (χ2v) is 10.9. The van der Waals surface area contributed by atoms with E-state index >= 15 is 0 Å². The number of benzene rings is 2. The van der Waals surface area contributed by atoms with Gasteiger partial charge in [-0.05, 0) is 90.4 Å². The Bertz CT molecular complexity index is 1020. The second-order valence-electron chi connectivity index (χ2n) is 10.9. The fourth-order valence-electron chi connectivity index (χ4n) is 6.63. The van der Waals surface area contributed by atoms with Crippen molar-refractivity contribution in [3.8, 4) is 11.1 Å². The first kappa shape index (κ1) is 21.5. The number of nitrogens with zero attached hydrogens (tertiary/aromatic N) is 2. The van der Waals surface area contributed by atoms with Gasteiger partial charge in [-0.25, -0.2) is 0 Å². The average molecular weight is 432 g/mol. The summed E-state index contributed by atoms with van der Waals surface area (Å²) >= 11 is 0. The zero-order valence-corrected chi connectivity index (χ0v) is 19.9. The van der Waals surface area contributed by atoms with E-state index in [1.54, 1.807) is 4.90 Å². The Hall–Kier alpha value is -2.33. The van der Waals surface area contributed by atoms with E-state index in [1.165, 1.54) is 33.4 Å². The molecule has 2 atom stereocenters. The number of rotatable bonds is 4. The van der Waals surface area contributed by atoms with E-state index in [9.17, 15) is 9.90 Å². The van der Waals surface area contributed by atoms with Crippen LogP contribution in [0.5, 0.6) is 0 Å². The molecule has 3 aliphatic heterocycles. The molecule has 3 fully saturated rings. The van der Waals surface area contributed by atoms with Crippen LogP contribution < -0.4 is 5.11 Å². The molecule has 2 bridgehead atoms. The quantitative estimate of drug-likeness (QED) is 0.711. The summed E-state index contributed by atoms with van der Waals surface area (Å²) in [5.41, 5.74) is 7.35. The van der Waals surface area contributed by atoms with Crippen LogP contribution in [0.3, 0.4) is 0 Å². The third-order valence-electron chi connectivity index (χ3n) is 8.31. The minimum absolute atomic E-state index is 0.0410. The van der Waals surface area contributed by atoms with Gasteiger partial charge in [-0.15, -0.1) is 0 Å². The highest BCUT2D eigenvalue weighted by atomic mass is 16.4. The predicted octanol–water partition coefficient (Wildman–Crippen LogP) is 4.59. The maximum absolute atomic E-state index is 12.6. The number of carbonyl (C=O) groups excluding carboxylic acids is 1. The molecular formula is C28H35N2O2-. The summed E-state index contributed by atoms with van der Waals surface area (Å²) in [5.74, 6) is 0.454. The van der Waals surface area contributed by atoms with Crippen LogP contribution in [-0.4, -0.2) is 41.6 Å². The fraction of sp³-hybridized carbons (Fsp3) is 0.536. The Kier molecular flexibility index (Phi) is 5.32. The van der Waals surface area contributed by atoms with Crippen molar-refractivity contribution in [3.63, 3.8) is 0 Å². The molecule has 0 spiro atoms. The van der Waals surface area contributed by atoms with Crippen molar-refractivity contribution in [3.05, 3.63) is 58.7 Å². The number of hydrogen-bond acceptors (Lipinski definition) is 3. The zero-order chi connectivity index (χ0) is 22.6. The normalized spacial score (nSPS) is 27.9. The first-order valence-electron chi connectivity index (χ1n) is 12.2. The number of carbonyl (C=O) groups is 1. The fourth-order valence-corrected chi connectivity index (χ4v) is 6.63. The molecule has 0 radical (unpaired) electrons. The number of fused-ring (bicyclic) bond motifs is 4. The largest absolute Gasteiger partial charge is 0.530 e. The first-order chi connectivity index (χ1) is 15.3. The summed E-state index contributed by atoms with van der Waals surface area (Å²) in [6.07, 6.45) is 3.11. The van der Waals surface area contributed by atoms with Gasteiger partial charge >= 0.3 is 0 Å². The third-order valence-corrected chi connectivity index (χ3v) is 8.31. The molecule has 170 valence electrons. The summed E-state index contributed by atoms with van der Waals surface area (Å²) in [4.78, 5) is 16.8. The van der Waals surface area contributed by atoms with Crippen LogP contribution in [0.1, 0.15) is 61.9 Å². The lowest BCUT2D eigenvalue weighted by atomic mass is 9.79. The van der Waals surface area contributed by atoms with Crippen LogP contribution in [0.2, 0.25) is 0 Å². The van der Waals surface area contributed by atoms with E-state index in [-0.39, 0.29) is 17.5 Å². The molecule has 4 heteroatoms. The molecule has 6 rings (SSSR count). The molecular weight excluding hydrogens is 396 g/mol. The average Bonchev–Trinajstić information content (AvgIpc) is 3.03. The molecule has 0 aromatic heterocycles. The Morgan fingerprint density at radius 1 is 1.16 bits per heavy atom. The molecule has 1 aliphatic carbocycles. The number of piperidine rings is 3. The summed E-state index contributed by atoms with van der Waals surface area (Å²) in [5, 5.41) is 12.6. The summed E-state index contributed by atoms with van der Waals surface area (Å²) in [6, 6.07) is 13.3. The Balaban J connectivity index is 1.55. The summed E-state index contributed by atoms with van der Waals surface area (Å²) < 4.78 is 0. The molecule has 2 aromatic rings. The van der Waals surface area contributed by atoms with E-state index in [0.717, 1.165) is 45.3 Å². The van der Waals surface area contributed by atoms with Crippen LogP contribution >= 0.6 is 0 Å². The van der Waals surface area contributed by atoms with E-state index in [4.69, 9.17) is 0 Å². The topological polar surface area (TPSA) is 46.6 Å². The summed E-state index contributed by atoms with van der Waals surface area (Å²) in [7, 11) is 0. The maximum Gasteiger partial charge on any atom is 0.137 e. The molecule has 4 aliphatic rings. The summed E-state index contributed by atoms with van der Waals surface area (Å²) in [6.45, 7) is 11.8. The highest BCUT2D eigenvalue weighted by Gasteiger charge is 2.48.